The van der Waals surface area contributed by atoms with Crippen LogP contribution in [0.4, 0.5) is 0 Å². The van der Waals surface area contributed by atoms with Gasteiger partial charge < -0.3 is 9.64 Å². The molecule has 2 heterocycles. The Morgan fingerprint density at radius 1 is 1.47 bits per heavy atom. The number of rotatable bonds is 1. The Balaban J connectivity index is 2.21. The van der Waals surface area contributed by atoms with Crippen LogP contribution in [0.1, 0.15) is 35.6 Å². The first-order valence-corrected chi connectivity index (χ1v) is 5.85. The van der Waals surface area contributed by atoms with Gasteiger partial charge in [0.2, 0.25) is 0 Å². The highest BCUT2D eigenvalue weighted by Crippen LogP contribution is 2.20. The first kappa shape index (κ1) is 12.1. The van der Waals surface area contributed by atoms with Crippen molar-refractivity contribution in [3.8, 4) is 0 Å². The van der Waals surface area contributed by atoms with Gasteiger partial charge in [0, 0.05) is 18.8 Å². The smallest absolute Gasteiger partial charge is 0.257 e. The van der Waals surface area contributed by atoms with Crippen LogP contribution >= 0.6 is 0 Å². The molecular formula is C12H19N3O2. The van der Waals surface area contributed by atoms with E-state index in [1.165, 1.54) is 0 Å². The lowest BCUT2D eigenvalue weighted by molar-refractivity contribution is -0.0764. The SMILES string of the molecule is Cc1n[nH]c(C)c1C(=O)N1CCOC(C)(C)C1. The quantitative estimate of drug-likeness (QED) is 0.800. The summed E-state index contributed by atoms with van der Waals surface area (Å²) < 4.78 is 5.61. The third kappa shape index (κ3) is 2.34. The number of aryl methyl sites for hydroxylation is 2. The largest absolute Gasteiger partial charge is 0.372 e. The van der Waals surface area contributed by atoms with Crippen LogP contribution in [0.2, 0.25) is 0 Å². The van der Waals surface area contributed by atoms with Gasteiger partial charge in [0.05, 0.1) is 23.5 Å². The van der Waals surface area contributed by atoms with E-state index in [4.69, 9.17) is 4.74 Å². The Labute approximate surface area is 101 Å². The highest BCUT2D eigenvalue weighted by molar-refractivity contribution is 5.96. The van der Waals surface area contributed by atoms with Crippen molar-refractivity contribution in [2.24, 2.45) is 0 Å². The minimum Gasteiger partial charge on any atom is -0.372 e. The molecule has 1 aromatic heterocycles. The second-order valence-corrected chi connectivity index (χ2v) is 5.14. The topological polar surface area (TPSA) is 58.2 Å². The van der Waals surface area contributed by atoms with E-state index < -0.39 is 0 Å². The van der Waals surface area contributed by atoms with Gasteiger partial charge in [-0.1, -0.05) is 0 Å². The summed E-state index contributed by atoms with van der Waals surface area (Å²) in [6.07, 6.45) is 0. The van der Waals surface area contributed by atoms with Crippen LogP contribution in [0, 0.1) is 13.8 Å². The molecular weight excluding hydrogens is 218 g/mol. The van der Waals surface area contributed by atoms with Crippen molar-refractivity contribution in [3.05, 3.63) is 17.0 Å². The summed E-state index contributed by atoms with van der Waals surface area (Å²) in [5, 5.41) is 6.91. The van der Waals surface area contributed by atoms with E-state index in [9.17, 15) is 4.79 Å². The summed E-state index contributed by atoms with van der Waals surface area (Å²) in [6.45, 7) is 9.58. The van der Waals surface area contributed by atoms with E-state index in [0.717, 1.165) is 11.4 Å². The zero-order valence-corrected chi connectivity index (χ0v) is 10.8. The summed E-state index contributed by atoms with van der Waals surface area (Å²) in [6, 6.07) is 0. The zero-order valence-electron chi connectivity index (χ0n) is 10.8. The number of morpholine rings is 1. The number of carbonyl (C=O) groups is 1. The Kier molecular flexibility index (Phi) is 2.95. The number of H-pyrrole nitrogens is 1. The molecule has 1 aliphatic rings. The molecule has 17 heavy (non-hydrogen) atoms. The Bertz CT molecular complexity index is 417. The van der Waals surface area contributed by atoms with Crippen molar-refractivity contribution in [2.45, 2.75) is 33.3 Å². The highest BCUT2D eigenvalue weighted by Gasteiger charge is 2.31. The van der Waals surface area contributed by atoms with E-state index in [-0.39, 0.29) is 11.5 Å². The van der Waals surface area contributed by atoms with E-state index in [2.05, 4.69) is 10.2 Å². The van der Waals surface area contributed by atoms with Crippen LogP contribution in [0.5, 0.6) is 0 Å². The number of aromatic amines is 1. The fourth-order valence-electron chi connectivity index (χ4n) is 2.21. The number of nitrogens with one attached hydrogen (secondary N) is 1. The van der Waals surface area contributed by atoms with E-state index in [1.807, 2.05) is 32.6 Å². The van der Waals surface area contributed by atoms with E-state index >= 15 is 0 Å². The molecule has 0 unspecified atom stereocenters. The second-order valence-electron chi connectivity index (χ2n) is 5.14. The van der Waals surface area contributed by atoms with E-state index in [1.54, 1.807) is 0 Å². The zero-order chi connectivity index (χ0) is 12.6. The predicted molar refractivity (Wildman–Crippen MR) is 64.0 cm³/mol. The highest BCUT2D eigenvalue weighted by atomic mass is 16.5. The molecule has 0 atom stereocenters. The minimum atomic E-state index is -0.264. The van der Waals surface area contributed by atoms with Crippen molar-refractivity contribution in [2.75, 3.05) is 19.7 Å². The van der Waals surface area contributed by atoms with Crippen molar-refractivity contribution in [3.63, 3.8) is 0 Å². The molecule has 0 aromatic carbocycles. The lowest BCUT2D eigenvalue weighted by atomic mass is 10.1. The number of carbonyl (C=O) groups excluding carboxylic acids is 1. The molecule has 0 spiro atoms. The van der Waals surface area contributed by atoms with Crippen LogP contribution in [0.15, 0.2) is 0 Å². The molecule has 0 bridgehead atoms. The van der Waals surface area contributed by atoms with E-state index in [0.29, 0.717) is 25.3 Å². The average molecular weight is 237 g/mol. The Morgan fingerprint density at radius 3 is 2.71 bits per heavy atom. The third-order valence-electron chi connectivity index (χ3n) is 3.05. The van der Waals surface area contributed by atoms with Crippen LogP contribution in [0.3, 0.4) is 0 Å². The lowest BCUT2D eigenvalue weighted by Crippen LogP contribution is -2.50. The molecule has 0 aliphatic carbocycles. The molecule has 0 radical (unpaired) electrons. The average Bonchev–Trinajstić information content (AvgIpc) is 2.56. The maximum atomic E-state index is 12.4. The van der Waals surface area contributed by atoms with Crippen LogP contribution in [0.25, 0.3) is 0 Å². The molecule has 5 nitrogen and oxygen atoms in total. The number of hydrogen-bond donors (Lipinski definition) is 1. The normalized spacial score (nSPS) is 19.4. The van der Waals surface area contributed by atoms with Gasteiger partial charge in [-0.05, 0) is 27.7 Å². The molecule has 1 aliphatic heterocycles. The molecule has 1 N–H and O–H groups in total. The summed E-state index contributed by atoms with van der Waals surface area (Å²) in [4.78, 5) is 14.2. The molecule has 1 fully saturated rings. The Hall–Kier alpha value is -1.36. The second kappa shape index (κ2) is 4.14. The maximum Gasteiger partial charge on any atom is 0.257 e. The van der Waals surface area contributed by atoms with Gasteiger partial charge in [-0.25, -0.2) is 0 Å². The molecule has 1 saturated heterocycles. The lowest BCUT2D eigenvalue weighted by Gasteiger charge is -2.38. The third-order valence-corrected chi connectivity index (χ3v) is 3.05. The fraction of sp³-hybridized carbons (Fsp3) is 0.667. The van der Waals surface area contributed by atoms with Gasteiger partial charge in [0.1, 0.15) is 0 Å². The van der Waals surface area contributed by atoms with Crippen molar-refractivity contribution >= 4 is 5.91 Å². The minimum absolute atomic E-state index is 0.0464. The summed E-state index contributed by atoms with van der Waals surface area (Å²) in [7, 11) is 0. The molecule has 0 saturated carbocycles. The van der Waals surface area contributed by atoms with Gasteiger partial charge in [-0.3, -0.25) is 9.89 Å². The fourth-order valence-corrected chi connectivity index (χ4v) is 2.21. The molecule has 5 heteroatoms. The number of hydrogen-bond acceptors (Lipinski definition) is 3. The number of amides is 1. The summed E-state index contributed by atoms with van der Waals surface area (Å²) in [5.41, 5.74) is 2.02. The molecule has 1 aromatic rings. The van der Waals surface area contributed by atoms with Gasteiger partial charge in [0.25, 0.3) is 5.91 Å². The summed E-state index contributed by atoms with van der Waals surface area (Å²) in [5.74, 6) is 0.0464. The van der Waals surface area contributed by atoms with Gasteiger partial charge in [-0.2, -0.15) is 5.10 Å². The van der Waals surface area contributed by atoms with Crippen molar-refractivity contribution in [1.82, 2.24) is 15.1 Å². The molecule has 1 amide bonds. The molecule has 2 rings (SSSR count). The van der Waals surface area contributed by atoms with Crippen molar-refractivity contribution in [1.29, 1.82) is 0 Å². The van der Waals surface area contributed by atoms with Crippen LogP contribution < -0.4 is 0 Å². The maximum absolute atomic E-state index is 12.4. The Morgan fingerprint density at radius 2 is 2.18 bits per heavy atom. The summed E-state index contributed by atoms with van der Waals surface area (Å²) >= 11 is 0. The first-order valence-electron chi connectivity index (χ1n) is 5.85. The standard InChI is InChI=1S/C12H19N3O2/c1-8-10(9(2)14-13-8)11(16)15-5-6-17-12(3,4)7-15/h5-7H2,1-4H3,(H,13,14). The van der Waals surface area contributed by atoms with Crippen LogP contribution in [-0.4, -0.2) is 46.3 Å². The molecule has 94 valence electrons. The number of aromatic nitrogens is 2. The van der Waals surface area contributed by atoms with Gasteiger partial charge in [-0.15, -0.1) is 0 Å². The number of ether oxygens (including phenoxy) is 1. The van der Waals surface area contributed by atoms with Gasteiger partial charge in [0.15, 0.2) is 0 Å². The number of nitrogens with zero attached hydrogens (tertiary/aromatic N) is 2. The first-order chi connectivity index (χ1) is 7.91. The van der Waals surface area contributed by atoms with Gasteiger partial charge >= 0.3 is 0 Å². The van der Waals surface area contributed by atoms with Crippen molar-refractivity contribution < 1.29 is 9.53 Å². The van der Waals surface area contributed by atoms with Crippen LogP contribution in [-0.2, 0) is 4.74 Å². The monoisotopic (exact) mass is 237 g/mol. The predicted octanol–water partition coefficient (Wildman–Crippen LogP) is 1.28.